The Morgan fingerprint density at radius 1 is 1.25 bits per heavy atom. The SMILES string of the molecule is COC(C)(C)CCCC(C)CC=Cc1ccc(Cl)cc1. The zero-order chi connectivity index (χ0) is 15.0. The smallest absolute Gasteiger partial charge is 0.0622 e. The first-order chi connectivity index (χ1) is 9.43. The Kier molecular flexibility index (Phi) is 7.32. The second kappa shape index (κ2) is 8.49. The molecule has 0 fully saturated rings. The summed E-state index contributed by atoms with van der Waals surface area (Å²) in [6.45, 7) is 6.61. The number of ether oxygens (including phenoxy) is 1. The zero-order valence-electron chi connectivity index (χ0n) is 13.2. The Hall–Kier alpha value is -0.790. The molecule has 1 unspecified atom stereocenters. The highest BCUT2D eigenvalue weighted by Crippen LogP contribution is 2.21. The first-order valence-corrected chi connectivity index (χ1v) is 7.78. The molecule has 0 spiro atoms. The van der Waals surface area contributed by atoms with Gasteiger partial charge in [0.15, 0.2) is 0 Å². The van der Waals surface area contributed by atoms with E-state index < -0.39 is 0 Å². The summed E-state index contributed by atoms with van der Waals surface area (Å²) in [5, 5.41) is 0.788. The third-order valence-electron chi connectivity index (χ3n) is 3.75. The lowest BCUT2D eigenvalue weighted by atomic mass is 9.95. The molecule has 0 aliphatic rings. The van der Waals surface area contributed by atoms with E-state index in [0.29, 0.717) is 5.92 Å². The van der Waals surface area contributed by atoms with Crippen LogP contribution in [0.5, 0.6) is 0 Å². The first-order valence-electron chi connectivity index (χ1n) is 7.40. The molecule has 0 aliphatic carbocycles. The quantitative estimate of drug-likeness (QED) is 0.573. The molecule has 0 bridgehead atoms. The van der Waals surface area contributed by atoms with E-state index in [1.807, 2.05) is 24.3 Å². The molecule has 0 saturated heterocycles. The summed E-state index contributed by atoms with van der Waals surface area (Å²) < 4.78 is 5.44. The normalized spacial score (nSPS) is 13.8. The summed E-state index contributed by atoms with van der Waals surface area (Å²) in [6.07, 6.45) is 9.14. The Labute approximate surface area is 129 Å². The van der Waals surface area contributed by atoms with Gasteiger partial charge in [0.25, 0.3) is 0 Å². The molecule has 0 aliphatic heterocycles. The lowest BCUT2D eigenvalue weighted by Crippen LogP contribution is -2.22. The number of halogens is 1. The predicted octanol–water partition coefficient (Wildman–Crippen LogP) is 5.97. The average Bonchev–Trinajstić information content (AvgIpc) is 2.41. The van der Waals surface area contributed by atoms with Gasteiger partial charge in [-0.3, -0.25) is 0 Å². The van der Waals surface area contributed by atoms with E-state index in [4.69, 9.17) is 16.3 Å². The monoisotopic (exact) mass is 294 g/mol. The van der Waals surface area contributed by atoms with Crippen LogP contribution < -0.4 is 0 Å². The van der Waals surface area contributed by atoms with E-state index in [2.05, 4.69) is 32.9 Å². The van der Waals surface area contributed by atoms with Crippen molar-refractivity contribution < 1.29 is 4.74 Å². The van der Waals surface area contributed by atoms with Gasteiger partial charge in [-0.2, -0.15) is 0 Å². The fourth-order valence-corrected chi connectivity index (χ4v) is 2.23. The molecule has 1 atom stereocenters. The number of allylic oxidation sites excluding steroid dienone is 1. The van der Waals surface area contributed by atoms with Gasteiger partial charge < -0.3 is 4.74 Å². The van der Waals surface area contributed by atoms with Gasteiger partial charge in [-0.1, -0.05) is 55.7 Å². The van der Waals surface area contributed by atoms with Crippen LogP contribution in [-0.2, 0) is 4.74 Å². The van der Waals surface area contributed by atoms with Crippen molar-refractivity contribution in [2.75, 3.05) is 7.11 Å². The molecule has 1 rings (SSSR count). The first kappa shape index (κ1) is 17.3. The number of rotatable bonds is 8. The third-order valence-corrected chi connectivity index (χ3v) is 4.00. The van der Waals surface area contributed by atoms with Crippen LogP contribution in [0.2, 0.25) is 5.02 Å². The van der Waals surface area contributed by atoms with Gasteiger partial charge in [0.2, 0.25) is 0 Å². The molecular formula is C18H27ClO. The molecule has 1 nitrogen and oxygen atoms in total. The van der Waals surface area contributed by atoms with Crippen molar-refractivity contribution in [1.29, 1.82) is 0 Å². The van der Waals surface area contributed by atoms with Crippen molar-refractivity contribution in [3.8, 4) is 0 Å². The minimum Gasteiger partial charge on any atom is -0.379 e. The van der Waals surface area contributed by atoms with Crippen LogP contribution in [0.4, 0.5) is 0 Å². The second-order valence-corrected chi connectivity index (χ2v) is 6.59. The molecule has 0 radical (unpaired) electrons. The van der Waals surface area contributed by atoms with Crippen LogP contribution in [0, 0.1) is 5.92 Å². The number of hydrogen-bond donors (Lipinski definition) is 0. The zero-order valence-corrected chi connectivity index (χ0v) is 13.9. The van der Waals surface area contributed by atoms with Crippen molar-refractivity contribution in [2.45, 2.75) is 52.1 Å². The predicted molar refractivity (Wildman–Crippen MR) is 89.2 cm³/mol. The van der Waals surface area contributed by atoms with E-state index in [0.717, 1.165) is 17.9 Å². The van der Waals surface area contributed by atoms with Crippen LogP contribution in [-0.4, -0.2) is 12.7 Å². The summed E-state index contributed by atoms with van der Waals surface area (Å²) in [5.41, 5.74) is 1.22. The summed E-state index contributed by atoms with van der Waals surface area (Å²) in [4.78, 5) is 0. The van der Waals surface area contributed by atoms with Gasteiger partial charge >= 0.3 is 0 Å². The van der Waals surface area contributed by atoms with Crippen LogP contribution in [0.25, 0.3) is 6.08 Å². The Morgan fingerprint density at radius 2 is 1.90 bits per heavy atom. The maximum absolute atomic E-state index is 5.87. The number of benzene rings is 1. The van der Waals surface area contributed by atoms with Crippen LogP contribution in [0.3, 0.4) is 0 Å². The molecule has 0 heterocycles. The highest BCUT2D eigenvalue weighted by Gasteiger charge is 2.15. The minimum absolute atomic E-state index is 0.0128. The topological polar surface area (TPSA) is 9.23 Å². The van der Waals surface area contributed by atoms with Gasteiger partial charge in [-0.25, -0.2) is 0 Å². The summed E-state index contributed by atoms with van der Waals surface area (Å²) in [6, 6.07) is 7.95. The molecule has 1 aromatic rings. The Balaban J connectivity index is 2.26. The number of methoxy groups -OCH3 is 1. The Bertz CT molecular complexity index is 406. The fourth-order valence-electron chi connectivity index (χ4n) is 2.11. The summed E-state index contributed by atoms with van der Waals surface area (Å²) in [5.74, 6) is 0.714. The van der Waals surface area contributed by atoms with Crippen molar-refractivity contribution in [3.63, 3.8) is 0 Å². The molecule has 0 N–H and O–H groups in total. The highest BCUT2D eigenvalue weighted by molar-refractivity contribution is 6.30. The van der Waals surface area contributed by atoms with E-state index in [-0.39, 0.29) is 5.60 Å². The summed E-state index contributed by atoms with van der Waals surface area (Å²) >= 11 is 5.87. The molecule has 0 aromatic heterocycles. The maximum Gasteiger partial charge on any atom is 0.0622 e. The van der Waals surface area contributed by atoms with Crippen LogP contribution in [0.15, 0.2) is 30.3 Å². The second-order valence-electron chi connectivity index (χ2n) is 6.15. The minimum atomic E-state index is 0.0128. The molecule has 112 valence electrons. The molecule has 0 amide bonds. The van der Waals surface area contributed by atoms with Crippen molar-refractivity contribution >= 4 is 17.7 Å². The van der Waals surface area contributed by atoms with Crippen molar-refractivity contribution in [1.82, 2.24) is 0 Å². The van der Waals surface area contributed by atoms with Gasteiger partial charge in [-0.05, 0) is 50.3 Å². The van der Waals surface area contributed by atoms with E-state index in [9.17, 15) is 0 Å². The molecule has 2 heteroatoms. The molecule has 1 aromatic carbocycles. The van der Waals surface area contributed by atoms with Crippen LogP contribution in [0.1, 0.15) is 52.0 Å². The molecule has 0 saturated carbocycles. The van der Waals surface area contributed by atoms with E-state index >= 15 is 0 Å². The Morgan fingerprint density at radius 3 is 2.50 bits per heavy atom. The van der Waals surface area contributed by atoms with E-state index in [1.54, 1.807) is 7.11 Å². The van der Waals surface area contributed by atoms with Crippen molar-refractivity contribution in [3.05, 3.63) is 40.9 Å². The lowest BCUT2D eigenvalue weighted by Gasteiger charge is -2.23. The van der Waals surface area contributed by atoms with Gasteiger partial charge in [0, 0.05) is 12.1 Å². The standard InChI is InChI=1S/C18H27ClO/c1-15(8-6-14-18(2,3)20-4)7-5-9-16-10-12-17(19)13-11-16/h5,9-13,15H,6-8,14H2,1-4H3. The summed E-state index contributed by atoms with van der Waals surface area (Å²) in [7, 11) is 1.79. The van der Waals surface area contributed by atoms with Gasteiger partial charge in [0.1, 0.15) is 0 Å². The lowest BCUT2D eigenvalue weighted by molar-refractivity contribution is 0.0128. The van der Waals surface area contributed by atoms with Gasteiger partial charge in [-0.15, -0.1) is 0 Å². The highest BCUT2D eigenvalue weighted by atomic mass is 35.5. The van der Waals surface area contributed by atoms with E-state index in [1.165, 1.54) is 18.4 Å². The van der Waals surface area contributed by atoms with Gasteiger partial charge in [0.05, 0.1) is 5.60 Å². The molecular weight excluding hydrogens is 268 g/mol. The molecule has 20 heavy (non-hydrogen) atoms. The fraction of sp³-hybridized carbons (Fsp3) is 0.556. The third kappa shape index (κ3) is 7.12. The van der Waals surface area contributed by atoms with Crippen molar-refractivity contribution in [2.24, 2.45) is 5.92 Å². The number of hydrogen-bond acceptors (Lipinski definition) is 1. The average molecular weight is 295 g/mol. The maximum atomic E-state index is 5.87. The largest absolute Gasteiger partial charge is 0.379 e. The van der Waals surface area contributed by atoms with Crippen LogP contribution >= 0.6 is 11.6 Å².